The van der Waals surface area contributed by atoms with Crippen molar-refractivity contribution in [1.29, 1.82) is 21.0 Å². The number of hydrogen-bond donors (Lipinski definition) is 0. The van der Waals surface area contributed by atoms with E-state index in [-0.39, 0.29) is 0 Å². The molecular formula is C32H20N4S. The Morgan fingerprint density at radius 3 is 0.784 bits per heavy atom. The molecule has 1 saturated heterocycles. The van der Waals surface area contributed by atoms with Crippen molar-refractivity contribution in [2.45, 2.75) is 9.49 Å². The predicted octanol–water partition coefficient (Wildman–Crippen LogP) is 6.69. The molecule has 0 unspecified atom stereocenters. The lowest BCUT2D eigenvalue weighted by molar-refractivity contribution is 0.237. The van der Waals surface area contributed by atoms with E-state index in [4.69, 9.17) is 0 Å². The second-order valence-electron chi connectivity index (χ2n) is 8.88. The van der Waals surface area contributed by atoms with Gasteiger partial charge in [-0.25, -0.2) is 0 Å². The topological polar surface area (TPSA) is 95.2 Å². The van der Waals surface area contributed by atoms with Crippen molar-refractivity contribution in [3.63, 3.8) is 0 Å². The molecule has 174 valence electrons. The lowest BCUT2D eigenvalue weighted by atomic mass is 9.50. The molecule has 0 spiro atoms. The summed E-state index contributed by atoms with van der Waals surface area (Å²) >= 11 is 1.34. The van der Waals surface area contributed by atoms with Crippen LogP contribution < -0.4 is 0 Å². The van der Waals surface area contributed by atoms with Gasteiger partial charge in [-0.15, -0.1) is 11.8 Å². The number of nitriles is 4. The summed E-state index contributed by atoms with van der Waals surface area (Å²) in [6.07, 6.45) is 0. The van der Waals surface area contributed by atoms with Crippen LogP contribution in [0.1, 0.15) is 22.3 Å². The zero-order chi connectivity index (χ0) is 26.0. The first-order chi connectivity index (χ1) is 18.1. The van der Waals surface area contributed by atoms with Gasteiger partial charge in [0.1, 0.15) is 9.49 Å². The lowest BCUT2D eigenvalue weighted by Gasteiger charge is -2.40. The largest absolute Gasteiger partial charge is 0.200 e. The Morgan fingerprint density at radius 2 is 0.595 bits per heavy atom. The van der Waals surface area contributed by atoms with Gasteiger partial charge < -0.3 is 0 Å². The third kappa shape index (κ3) is 2.87. The van der Waals surface area contributed by atoms with E-state index in [0.717, 1.165) is 0 Å². The van der Waals surface area contributed by atoms with Gasteiger partial charge in [-0.2, -0.15) is 21.0 Å². The number of hydrogen-bond acceptors (Lipinski definition) is 5. The summed E-state index contributed by atoms with van der Waals surface area (Å²) in [6, 6.07) is 46.3. The van der Waals surface area contributed by atoms with Crippen LogP contribution in [0.15, 0.2) is 121 Å². The monoisotopic (exact) mass is 492 g/mol. The molecule has 5 heteroatoms. The third-order valence-electron chi connectivity index (χ3n) is 7.32. The molecule has 4 aromatic carbocycles. The van der Waals surface area contributed by atoms with Crippen LogP contribution in [0, 0.1) is 56.2 Å². The molecule has 37 heavy (non-hydrogen) atoms. The molecule has 1 aliphatic rings. The third-order valence-corrected chi connectivity index (χ3v) is 9.48. The van der Waals surface area contributed by atoms with Crippen molar-refractivity contribution in [3.05, 3.63) is 144 Å². The minimum Gasteiger partial charge on any atom is -0.196 e. The fourth-order valence-electron chi connectivity index (χ4n) is 5.74. The maximum absolute atomic E-state index is 11.0. The maximum atomic E-state index is 11.0. The minimum atomic E-state index is -2.09. The van der Waals surface area contributed by atoms with Gasteiger partial charge in [-0.05, 0) is 22.3 Å². The van der Waals surface area contributed by atoms with Crippen LogP contribution in [0.3, 0.4) is 0 Å². The summed E-state index contributed by atoms with van der Waals surface area (Å²) < 4.78 is -2.76. The number of rotatable bonds is 4. The zero-order valence-electron chi connectivity index (χ0n) is 19.7. The quantitative estimate of drug-likeness (QED) is 0.316. The average molecular weight is 493 g/mol. The molecule has 0 aliphatic carbocycles. The Bertz CT molecular complexity index is 1360. The molecule has 0 bridgehead atoms. The summed E-state index contributed by atoms with van der Waals surface area (Å²) in [6.45, 7) is 0. The maximum Gasteiger partial charge on any atom is 0.200 e. The highest BCUT2D eigenvalue weighted by molar-refractivity contribution is 8.02. The van der Waals surface area contributed by atoms with Crippen LogP contribution in [-0.2, 0) is 9.49 Å². The van der Waals surface area contributed by atoms with Gasteiger partial charge in [-0.1, -0.05) is 121 Å². The molecule has 1 heterocycles. The Labute approximate surface area is 220 Å². The van der Waals surface area contributed by atoms with Crippen LogP contribution >= 0.6 is 11.8 Å². The van der Waals surface area contributed by atoms with Crippen LogP contribution in [0.4, 0.5) is 0 Å². The molecule has 0 atom stereocenters. The molecule has 4 nitrogen and oxygen atoms in total. The van der Waals surface area contributed by atoms with Crippen molar-refractivity contribution in [1.82, 2.24) is 0 Å². The predicted molar refractivity (Wildman–Crippen MR) is 142 cm³/mol. The van der Waals surface area contributed by atoms with E-state index >= 15 is 0 Å². The van der Waals surface area contributed by atoms with Gasteiger partial charge in [0, 0.05) is 0 Å². The SMILES string of the molecule is N#CC1(C#N)C(c2ccccc2)(c2ccccc2)SC(c2ccccc2)(c2ccccc2)C1(C#N)C#N. The number of nitrogens with zero attached hydrogens (tertiary/aromatic N) is 4. The molecular weight excluding hydrogens is 472 g/mol. The van der Waals surface area contributed by atoms with Crippen molar-refractivity contribution in [2.24, 2.45) is 10.8 Å². The van der Waals surface area contributed by atoms with Gasteiger partial charge in [0.15, 0.2) is 10.8 Å². The molecule has 0 N–H and O–H groups in total. The fourth-order valence-corrected chi connectivity index (χ4v) is 8.01. The van der Waals surface area contributed by atoms with Gasteiger partial charge in [0.2, 0.25) is 0 Å². The van der Waals surface area contributed by atoms with Crippen LogP contribution in [0.5, 0.6) is 0 Å². The number of benzene rings is 4. The fraction of sp³-hybridized carbons (Fsp3) is 0.125. The molecule has 1 fully saturated rings. The highest BCUT2D eigenvalue weighted by Crippen LogP contribution is 2.79. The molecule has 5 rings (SSSR count). The molecule has 0 radical (unpaired) electrons. The average Bonchev–Trinajstić information content (AvgIpc) is 3.24. The summed E-state index contributed by atoms with van der Waals surface area (Å²) in [5, 5.41) is 44.0. The highest BCUT2D eigenvalue weighted by atomic mass is 32.2. The second-order valence-corrected chi connectivity index (χ2v) is 10.3. The highest BCUT2D eigenvalue weighted by Gasteiger charge is 2.83. The van der Waals surface area contributed by atoms with E-state index < -0.39 is 20.3 Å². The molecule has 0 saturated carbocycles. The van der Waals surface area contributed by atoms with Crippen molar-refractivity contribution in [2.75, 3.05) is 0 Å². The van der Waals surface area contributed by atoms with Crippen LogP contribution in [0.2, 0.25) is 0 Å². The van der Waals surface area contributed by atoms with E-state index in [9.17, 15) is 21.0 Å². The van der Waals surface area contributed by atoms with Gasteiger partial charge in [0.25, 0.3) is 0 Å². The molecule has 4 aromatic rings. The van der Waals surface area contributed by atoms with Crippen LogP contribution in [0.25, 0.3) is 0 Å². The van der Waals surface area contributed by atoms with E-state index in [1.165, 1.54) is 11.8 Å². The lowest BCUT2D eigenvalue weighted by Crippen LogP contribution is -2.52. The standard InChI is InChI=1S/C32H20N4S/c33-21-29(22-34)30(23-35,24-36)32(27-17-9-3-10-18-27,28-19-11-4-12-20-28)37-31(29,25-13-5-1-6-14-25)26-15-7-2-8-16-26/h1-20H. The minimum absolute atomic E-state index is 0.679. The van der Waals surface area contributed by atoms with E-state index in [0.29, 0.717) is 22.3 Å². The Kier molecular flexibility index (Phi) is 5.82. The van der Waals surface area contributed by atoms with Crippen LogP contribution in [-0.4, -0.2) is 0 Å². The summed E-state index contributed by atoms with van der Waals surface area (Å²) in [4.78, 5) is 0. The van der Waals surface area contributed by atoms with Gasteiger partial charge in [-0.3, -0.25) is 0 Å². The summed E-state index contributed by atoms with van der Waals surface area (Å²) in [7, 11) is 0. The molecule has 0 amide bonds. The first-order valence-electron chi connectivity index (χ1n) is 11.7. The van der Waals surface area contributed by atoms with Crippen molar-refractivity contribution >= 4 is 11.8 Å². The Hall–Kier alpha value is -4.81. The van der Waals surface area contributed by atoms with Gasteiger partial charge in [0.05, 0.1) is 24.3 Å². The van der Waals surface area contributed by atoms with E-state index in [2.05, 4.69) is 24.3 Å². The van der Waals surface area contributed by atoms with Gasteiger partial charge >= 0.3 is 0 Å². The Morgan fingerprint density at radius 1 is 0.378 bits per heavy atom. The summed E-state index contributed by atoms with van der Waals surface area (Å²) in [5.41, 5.74) is -1.47. The molecule has 1 aliphatic heterocycles. The van der Waals surface area contributed by atoms with E-state index in [1.54, 1.807) is 0 Å². The number of thioether (sulfide) groups is 1. The smallest absolute Gasteiger partial charge is 0.196 e. The van der Waals surface area contributed by atoms with Crippen molar-refractivity contribution in [3.8, 4) is 24.3 Å². The second kappa shape index (κ2) is 9.00. The van der Waals surface area contributed by atoms with Crippen molar-refractivity contribution < 1.29 is 0 Å². The molecule has 0 aromatic heterocycles. The van der Waals surface area contributed by atoms with E-state index in [1.807, 2.05) is 121 Å². The normalized spacial score (nSPS) is 17.8. The first kappa shape index (κ1) is 23.9. The first-order valence-corrected chi connectivity index (χ1v) is 12.5. The Balaban J connectivity index is 2.08. The summed E-state index contributed by atoms with van der Waals surface area (Å²) in [5.74, 6) is 0. The zero-order valence-corrected chi connectivity index (χ0v) is 20.6.